The monoisotopic (exact) mass is 235 g/mol. The molecule has 0 bridgehead atoms. The summed E-state index contributed by atoms with van der Waals surface area (Å²) in [5.74, 6) is -3.40. The zero-order chi connectivity index (χ0) is 13.2. The Morgan fingerprint density at radius 3 is 2.62 bits per heavy atom. The molecule has 86 valence electrons. The van der Waals surface area contributed by atoms with Crippen molar-refractivity contribution >= 4 is 5.97 Å². The molecule has 0 radical (unpaired) electrons. The summed E-state index contributed by atoms with van der Waals surface area (Å²) in [6.07, 6.45) is -4.74. The van der Waals surface area contributed by atoms with Gasteiger partial charge in [-0.3, -0.25) is 0 Å². The van der Waals surface area contributed by atoms with E-state index in [-0.39, 0.29) is 0 Å². The lowest BCUT2D eigenvalue weighted by Gasteiger charge is -2.08. The SMILES string of the molecule is [2H]c1ccc(OC(=O)C(=C)F)cc1C(F)(F)F. The van der Waals surface area contributed by atoms with Gasteiger partial charge in [0.1, 0.15) is 5.75 Å². The average molecular weight is 235 g/mol. The van der Waals surface area contributed by atoms with E-state index in [1.165, 1.54) is 0 Å². The van der Waals surface area contributed by atoms with Crippen LogP contribution in [0.4, 0.5) is 17.6 Å². The Morgan fingerprint density at radius 2 is 2.12 bits per heavy atom. The minimum atomic E-state index is -4.74. The molecule has 0 spiro atoms. The molecule has 1 aromatic carbocycles. The van der Waals surface area contributed by atoms with Gasteiger partial charge in [0, 0.05) is 0 Å². The fourth-order valence-corrected chi connectivity index (χ4v) is 0.835. The first-order valence-corrected chi connectivity index (χ1v) is 3.96. The first-order valence-electron chi connectivity index (χ1n) is 4.46. The molecule has 2 nitrogen and oxygen atoms in total. The van der Waals surface area contributed by atoms with Crippen LogP contribution >= 0.6 is 0 Å². The van der Waals surface area contributed by atoms with Crippen molar-refractivity contribution in [3.8, 4) is 5.75 Å². The van der Waals surface area contributed by atoms with Gasteiger partial charge in [0.2, 0.25) is 5.83 Å². The van der Waals surface area contributed by atoms with Gasteiger partial charge in [-0.2, -0.15) is 17.6 Å². The topological polar surface area (TPSA) is 26.3 Å². The van der Waals surface area contributed by atoms with E-state index in [0.717, 1.165) is 12.1 Å². The highest BCUT2D eigenvalue weighted by atomic mass is 19.4. The van der Waals surface area contributed by atoms with E-state index >= 15 is 0 Å². The lowest BCUT2D eigenvalue weighted by atomic mass is 10.2. The van der Waals surface area contributed by atoms with Gasteiger partial charge in [0.05, 0.1) is 6.93 Å². The second-order valence-corrected chi connectivity index (χ2v) is 2.73. The maximum atomic E-state index is 12.4. The number of carbonyl (C=O) groups is 1. The number of carbonyl (C=O) groups excluding carboxylic acids is 1. The highest BCUT2D eigenvalue weighted by Crippen LogP contribution is 2.31. The van der Waals surface area contributed by atoms with Gasteiger partial charge in [0.25, 0.3) is 0 Å². The number of halogens is 4. The second kappa shape index (κ2) is 4.34. The zero-order valence-corrected chi connectivity index (χ0v) is 7.77. The van der Waals surface area contributed by atoms with Crippen LogP contribution in [-0.2, 0) is 11.0 Å². The molecule has 0 aliphatic rings. The van der Waals surface area contributed by atoms with E-state index in [1.807, 2.05) is 0 Å². The van der Waals surface area contributed by atoms with Crippen LogP contribution in [-0.4, -0.2) is 5.97 Å². The smallest absolute Gasteiger partial charge is 0.416 e. The first-order chi connectivity index (χ1) is 7.71. The Balaban J connectivity index is 3.05. The highest BCUT2D eigenvalue weighted by molar-refractivity contribution is 5.87. The summed E-state index contributed by atoms with van der Waals surface area (Å²) >= 11 is 0. The molecule has 0 fully saturated rings. The fraction of sp³-hybridized carbons (Fsp3) is 0.100. The van der Waals surface area contributed by atoms with Crippen molar-refractivity contribution in [1.82, 2.24) is 0 Å². The van der Waals surface area contributed by atoms with Crippen LogP contribution in [0, 0.1) is 0 Å². The molecule has 1 aromatic rings. The fourth-order valence-electron chi connectivity index (χ4n) is 0.835. The third-order valence-electron chi connectivity index (χ3n) is 1.51. The molecule has 0 saturated carbocycles. The van der Waals surface area contributed by atoms with Crippen LogP contribution in [0.25, 0.3) is 0 Å². The van der Waals surface area contributed by atoms with E-state index < -0.39 is 35.3 Å². The van der Waals surface area contributed by atoms with E-state index in [4.69, 9.17) is 1.37 Å². The first kappa shape index (κ1) is 10.7. The number of hydrogen-bond donors (Lipinski definition) is 0. The van der Waals surface area contributed by atoms with Crippen LogP contribution < -0.4 is 4.74 Å². The summed E-state index contributed by atoms with van der Waals surface area (Å²) in [5, 5.41) is 0. The lowest BCUT2D eigenvalue weighted by Crippen LogP contribution is -2.09. The molecule has 0 aliphatic heterocycles. The minimum Gasteiger partial charge on any atom is -0.421 e. The van der Waals surface area contributed by atoms with Crippen molar-refractivity contribution in [2.45, 2.75) is 6.18 Å². The number of rotatable bonds is 2. The maximum Gasteiger partial charge on any atom is 0.416 e. The number of alkyl halides is 3. The van der Waals surface area contributed by atoms with Gasteiger partial charge >= 0.3 is 12.1 Å². The van der Waals surface area contributed by atoms with Crippen LogP contribution in [0.3, 0.4) is 0 Å². The Labute approximate surface area is 89.5 Å². The molecule has 16 heavy (non-hydrogen) atoms. The van der Waals surface area contributed by atoms with Crippen LogP contribution in [0.15, 0.2) is 36.6 Å². The molecule has 0 saturated heterocycles. The summed E-state index contributed by atoms with van der Waals surface area (Å²) in [6, 6.07) is 1.44. The van der Waals surface area contributed by atoms with Gasteiger partial charge in [-0.25, -0.2) is 4.79 Å². The summed E-state index contributed by atoms with van der Waals surface area (Å²) in [5.41, 5.74) is -1.27. The van der Waals surface area contributed by atoms with E-state index in [2.05, 4.69) is 11.3 Å². The van der Waals surface area contributed by atoms with Gasteiger partial charge in [-0.05, 0) is 18.2 Å². The third kappa shape index (κ3) is 3.08. The summed E-state index contributed by atoms with van der Waals surface area (Å²) < 4.78 is 60.7. The number of hydrogen-bond acceptors (Lipinski definition) is 2. The van der Waals surface area contributed by atoms with Gasteiger partial charge in [-0.15, -0.1) is 0 Å². The summed E-state index contributed by atoms with van der Waals surface area (Å²) in [4.78, 5) is 10.7. The minimum absolute atomic E-state index is 0.448. The average Bonchev–Trinajstić information content (AvgIpc) is 2.19. The molecular weight excluding hydrogens is 228 g/mol. The summed E-state index contributed by atoms with van der Waals surface area (Å²) in [6.45, 7) is 2.64. The molecule has 0 aliphatic carbocycles. The van der Waals surface area contributed by atoms with Crippen molar-refractivity contribution < 1.29 is 28.5 Å². The van der Waals surface area contributed by atoms with Crippen LogP contribution in [0.1, 0.15) is 6.93 Å². The molecular formula is C10H6F4O2. The quantitative estimate of drug-likeness (QED) is 0.341. The Morgan fingerprint density at radius 1 is 1.50 bits per heavy atom. The Kier molecular flexibility index (Phi) is 2.89. The second-order valence-electron chi connectivity index (χ2n) is 2.73. The Hall–Kier alpha value is -1.85. The van der Waals surface area contributed by atoms with E-state index in [9.17, 15) is 22.4 Å². The van der Waals surface area contributed by atoms with Crippen LogP contribution in [0.2, 0.25) is 0 Å². The molecule has 0 heterocycles. The maximum absolute atomic E-state index is 12.4. The lowest BCUT2D eigenvalue weighted by molar-refractivity contribution is -0.138. The number of esters is 1. The molecule has 0 N–H and O–H groups in total. The largest absolute Gasteiger partial charge is 0.421 e. The van der Waals surface area contributed by atoms with Crippen LogP contribution in [0.5, 0.6) is 5.75 Å². The van der Waals surface area contributed by atoms with Gasteiger partial charge in [0.15, 0.2) is 0 Å². The molecule has 0 aromatic heterocycles. The molecule has 0 unspecified atom stereocenters. The highest BCUT2D eigenvalue weighted by Gasteiger charge is 2.30. The van der Waals surface area contributed by atoms with Crippen molar-refractivity contribution in [1.29, 1.82) is 0 Å². The zero-order valence-electron chi connectivity index (χ0n) is 8.77. The normalized spacial score (nSPS) is 11.9. The summed E-state index contributed by atoms with van der Waals surface area (Å²) in [7, 11) is 0. The van der Waals surface area contributed by atoms with Gasteiger partial charge < -0.3 is 4.74 Å². The van der Waals surface area contributed by atoms with Crippen molar-refractivity contribution in [2.24, 2.45) is 0 Å². The molecule has 6 heteroatoms. The Bertz CT molecular complexity index is 468. The molecule has 0 amide bonds. The number of ether oxygens (including phenoxy) is 1. The van der Waals surface area contributed by atoms with Crippen molar-refractivity contribution in [3.05, 3.63) is 42.2 Å². The van der Waals surface area contributed by atoms with Gasteiger partial charge in [-0.1, -0.05) is 12.6 Å². The molecule has 1 rings (SSSR count). The number of benzene rings is 1. The van der Waals surface area contributed by atoms with Crippen molar-refractivity contribution in [2.75, 3.05) is 0 Å². The molecule has 0 atom stereocenters. The van der Waals surface area contributed by atoms with Crippen molar-refractivity contribution in [3.63, 3.8) is 0 Å². The predicted molar refractivity (Wildman–Crippen MR) is 47.3 cm³/mol. The standard InChI is InChI=1S/C10H6F4O2/c1-6(11)9(15)16-8-4-2-3-7(5-8)10(12,13)14/h2-5H,1H2/i3D. The predicted octanol–water partition coefficient (Wildman–Crippen LogP) is 3.09. The van der Waals surface area contributed by atoms with E-state index in [1.54, 1.807) is 0 Å². The third-order valence-corrected chi connectivity index (χ3v) is 1.51. The van der Waals surface area contributed by atoms with E-state index in [0.29, 0.717) is 6.07 Å².